The lowest BCUT2D eigenvalue weighted by atomic mass is 10.0. The van der Waals surface area contributed by atoms with Crippen LogP contribution in [0.2, 0.25) is 0 Å². The Morgan fingerprint density at radius 1 is 1.20 bits per heavy atom. The van der Waals surface area contributed by atoms with Crippen LogP contribution in [-0.2, 0) is 4.74 Å². The molecule has 0 amide bonds. The van der Waals surface area contributed by atoms with Gasteiger partial charge in [-0.25, -0.2) is 4.79 Å². The molecule has 1 aromatic rings. The number of carbonyl (C=O) groups is 1. The largest absolute Gasteiger partial charge is 0.460 e. The van der Waals surface area contributed by atoms with Gasteiger partial charge in [-0.05, 0) is 43.5 Å². The lowest BCUT2D eigenvalue weighted by Gasteiger charge is -2.09. The van der Waals surface area contributed by atoms with E-state index >= 15 is 0 Å². The molecule has 0 saturated heterocycles. The van der Waals surface area contributed by atoms with Crippen LogP contribution in [0.4, 0.5) is 0 Å². The maximum atomic E-state index is 11.6. The van der Waals surface area contributed by atoms with Crippen molar-refractivity contribution in [2.75, 3.05) is 13.2 Å². The third-order valence-electron chi connectivity index (χ3n) is 2.39. The van der Waals surface area contributed by atoms with Crippen molar-refractivity contribution in [3.05, 3.63) is 34.4 Å². The Morgan fingerprint density at radius 2 is 1.80 bits per heavy atom. The van der Waals surface area contributed by atoms with E-state index in [1.54, 1.807) is 0 Å². The van der Waals surface area contributed by atoms with Crippen LogP contribution in [0.15, 0.2) is 12.1 Å². The molecule has 0 atom stereocenters. The van der Waals surface area contributed by atoms with E-state index in [0.29, 0.717) is 5.56 Å². The number of hydrogen-bond acceptors (Lipinski definition) is 3. The normalized spacial score (nSPS) is 10.1. The highest BCUT2D eigenvalue weighted by Crippen LogP contribution is 2.16. The number of ether oxygens (including phenoxy) is 1. The third-order valence-corrected chi connectivity index (χ3v) is 2.39. The predicted molar refractivity (Wildman–Crippen MR) is 58.0 cm³/mol. The fourth-order valence-corrected chi connectivity index (χ4v) is 1.40. The number of rotatable bonds is 3. The van der Waals surface area contributed by atoms with Gasteiger partial charge in [-0.1, -0.05) is 6.07 Å². The lowest BCUT2D eigenvalue weighted by molar-refractivity contribution is 0.0433. The fourth-order valence-electron chi connectivity index (χ4n) is 1.40. The molecule has 0 aliphatic heterocycles. The molecule has 0 aliphatic rings. The number of esters is 1. The number of carbonyl (C=O) groups excluding carboxylic acids is 1. The summed E-state index contributed by atoms with van der Waals surface area (Å²) in [4.78, 5) is 11.6. The van der Waals surface area contributed by atoms with Gasteiger partial charge in [0, 0.05) is 0 Å². The van der Waals surface area contributed by atoms with Gasteiger partial charge in [0.1, 0.15) is 6.61 Å². The molecule has 0 aliphatic carbocycles. The minimum atomic E-state index is -0.371. The van der Waals surface area contributed by atoms with Crippen molar-refractivity contribution in [2.45, 2.75) is 20.8 Å². The summed E-state index contributed by atoms with van der Waals surface area (Å²) < 4.78 is 4.86. The molecule has 0 radical (unpaired) electrons. The SMILES string of the molecule is Cc1cc(C)c(C(=O)OCCO)cc1C. The number of aliphatic hydroxyl groups is 1. The van der Waals surface area contributed by atoms with E-state index in [0.717, 1.165) is 16.7 Å². The first-order valence-corrected chi connectivity index (χ1v) is 4.92. The van der Waals surface area contributed by atoms with Gasteiger partial charge in [-0.15, -0.1) is 0 Å². The Labute approximate surface area is 89.7 Å². The topological polar surface area (TPSA) is 46.5 Å². The molecular formula is C12H16O3. The van der Waals surface area contributed by atoms with Gasteiger partial charge in [0.15, 0.2) is 0 Å². The zero-order valence-electron chi connectivity index (χ0n) is 9.33. The van der Waals surface area contributed by atoms with Crippen LogP contribution in [-0.4, -0.2) is 24.3 Å². The van der Waals surface area contributed by atoms with E-state index in [1.165, 1.54) is 0 Å². The second-order valence-corrected chi connectivity index (χ2v) is 3.61. The van der Waals surface area contributed by atoms with Crippen molar-refractivity contribution >= 4 is 5.97 Å². The van der Waals surface area contributed by atoms with Crippen molar-refractivity contribution in [3.8, 4) is 0 Å². The molecule has 3 heteroatoms. The minimum Gasteiger partial charge on any atom is -0.460 e. The molecule has 0 fully saturated rings. The average molecular weight is 208 g/mol. The summed E-state index contributed by atoms with van der Waals surface area (Å²) >= 11 is 0. The van der Waals surface area contributed by atoms with Gasteiger partial charge in [-0.2, -0.15) is 0 Å². The van der Waals surface area contributed by atoms with Gasteiger partial charge in [0.05, 0.1) is 12.2 Å². The van der Waals surface area contributed by atoms with E-state index in [-0.39, 0.29) is 19.2 Å². The van der Waals surface area contributed by atoms with Crippen molar-refractivity contribution in [1.29, 1.82) is 0 Å². The number of aliphatic hydroxyl groups excluding tert-OH is 1. The predicted octanol–water partition coefficient (Wildman–Crippen LogP) is 1.76. The van der Waals surface area contributed by atoms with Crippen molar-refractivity contribution in [1.82, 2.24) is 0 Å². The Morgan fingerprint density at radius 3 is 2.40 bits per heavy atom. The maximum Gasteiger partial charge on any atom is 0.338 e. The van der Waals surface area contributed by atoms with Crippen LogP contribution in [0.5, 0.6) is 0 Å². The van der Waals surface area contributed by atoms with E-state index in [4.69, 9.17) is 9.84 Å². The van der Waals surface area contributed by atoms with E-state index in [9.17, 15) is 4.79 Å². The molecule has 0 spiro atoms. The third kappa shape index (κ3) is 2.80. The zero-order chi connectivity index (χ0) is 11.4. The highest BCUT2D eigenvalue weighted by Gasteiger charge is 2.11. The molecule has 3 nitrogen and oxygen atoms in total. The quantitative estimate of drug-likeness (QED) is 0.770. The van der Waals surface area contributed by atoms with Crippen LogP contribution in [0.3, 0.4) is 0 Å². The number of hydrogen-bond donors (Lipinski definition) is 1. The number of aryl methyl sites for hydroxylation is 3. The Kier molecular flexibility index (Phi) is 3.86. The van der Waals surface area contributed by atoms with E-state index < -0.39 is 0 Å². The van der Waals surface area contributed by atoms with Crippen LogP contribution in [0.25, 0.3) is 0 Å². The number of benzene rings is 1. The van der Waals surface area contributed by atoms with Crippen molar-refractivity contribution < 1.29 is 14.6 Å². The average Bonchev–Trinajstić information content (AvgIpc) is 2.20. The first kappa shape index (κ1) is 11.7. The van der Waals surface area contributed by atoms with Crippen LogP contribution in [0, 0.1) is 20.8 Å². The summed E-state index contributed by atoms with van der Waals surface area (Å²) in [6, 6.07) is 3.79. The summed E-state index contributed by atoms with van der Waals surface area (Å²) in [7, 11) is 0. The summed E-state index contributed by atoms with van der Waals surface area (Å²) in [5, 5.41) is 8.55. The maximum absolute atomic E-state index is 11.6. The molecule has 0 unspecified atom stereocenters. The monoisotopic (exact) mass is 208 g/mol. The molecule has 1 N–H and O–H groups in total. The summed E-state index contributed by atoms with van der Waals surface area (Å²) in [5.41, 5.74) is 3.70. The Hall–Kier alpha value is -1.35. The summed E-state index contributed by atoms with van der Waals surface area (Å²) in [5.74, 6) is -0.371. The zero-order valence-corrected chi connectivity index (χ0v) is 9.33. The molecule has 0 heterocycles. The molecule has 0 bridgehead atoms. The summed E-state index contributed by atoms with van der Waals surface area (Å²) in [6.45, 7) is 5.74. The first-order chi connectivity index (χ1) is 7.06. The Balaban J connectivity index is 2.94. The molecule has 1 aromatic carbocycles. The van der Waals surface area contributed by atoms with E-state index in [1.807, 2.05) is 32.9 Å². The molecule has 15 heavy (non-hydrogen) atoms. The van der Waals surface area contributed by atoms with E-state index in [2.05, 4.69) is 0 Å². The van der Waals surface area contributed by atoms with Crippen molar-refractivity contribution in [3.63, 3.8) is 0 Å². The van der Waals surface area contributed by atoms with Crippen LogP contribution < -0.4 is 0 Å². The minimum absolute atomic E-state index is 0.0468. The molecule has 82 valence electrons. The lowest BCUT2D eigenvalue weighted by Crippen LogP contribution is -2.10. The van der Waals surface area contributed by atoms with Gasteiger partial charge in [0.25, 0.3) is 0 Å². The fraction of sp³-hybridized carbons (Fsp3) is 0.417. The van der Waals surface area contributed by atoms with Crippen LogP contribution in [0.1, 0.15) is 27.0 Å². The van der Waals surface area contributed by atoms with Gasteiger partial charge in [0.2, 0.25) is 0 Å². The highest BCUT2D eigenvalue weighted by molar-refractivity contribution is 5.91. The molecule has 1 rings (SSSR count). The van der Waals surface area contributed by atoms with Crippen LogP contribution >= 0.6 is 0 Å². The Bertz CT molecular complexity index is 369. The standard InChI is InChI=1S/C12H16O3/c1-8-6-10(3)11(7-9(8)2)12(14)15-5-4-13/h6-7,13H,4-5H2,1-3H3. The summed E-state index contributed by atoms with van der Waals surface area (Å²) in [6.07, 6.45) is 0. The second-order valence-electron chi connectivity index (χ2n) is 3.61. The molecule has 0 aromatic heterocycles. The van der Waals surface area contributed by atoms with Gasteiger partial charge >= 0.3 is 5.97 Å². The first-order valence-electron chi connectivity index (χ1n) is 4.92. The van der Waals surface area contributed by atoms with Gasteiger partial charge < -0.3 is 9.84 Å². The molecule has 0 saturated carbocycles. The van der Waals surface area contributed by atoms with Gasteiger partial charge in [-0.3, -0.25) is 0 Å². The smallest absolute Gasteiger partial charge is 0.338 e. The molecular weight excluding hydrogens is 192 g/mol. The highest BCUT2D eigenvalue weighted by atomic mass is 16.5. The second kappa shape index (κ2) is 4.94. The van der Waals surface area contributed by atoms with Crippen molar-refractivity contribution in [2.24, 2.45) is 0 Å².